The van der Waals surface area contributed by atoms with Gasteiger partial charge in [0.25, 0.3) is 0 Å². The number of rotatable bonds is 4. The van der Waals surface area contributed by atoms with Crippen molar-refractivity contribution >= 4 is 17.9 Å². The molecule has 0 saturated carbocycles. The molecular weight excluding hydrogens is 156 g/mol. The van der Waals surface area contributed by atoms with Crippen LogP contribution in [-0.4, -0.2) is 31.0 Å². The van der Waals surface area contributed by atoms with E-state index in [1.807, 2.05) is 0 Å². The van der Waals surface area contributed by atoms with Gasteiger partial charge in [-0.2, -0.15) is 0 Å². The highest BCUT2D eigenvalue weighted by Gasteiger charge is 2.31. The molecule has 10 heavy (non-hydrogen) atoms. The van der Waals surface area contributed by atoms with E-state index in [2.05, 4.69) is 23.8 Å². The van der Waals surface area contributed by atoms with Crippen molar-refractivity contribution in [2.75, 3.05) is 13.1 Å². The van der Waals surface area contributed by atoms with E-state index in [4.69, 9.17) is 0 Å². The van der Waals surface area contributed by atoms with E-state index < -0.39 is 0 Å². The molecule has 0 spiro atoms. The molecule has 1 aliphatic heterocycles. The van der Waals surface area contributed by atoms with Crippen LogP contribution in [0.3, 0.4) is 0 Å². The summed E-state index contributed by atoms with van der Waals surface area (Å²) < 4.78 is 0. The minimum atomic E-state index is -0.0367. The van der Waals surface area contributed by atoms with E-state index in [9.17, 15) is 0 Å². The molecule has 1 heterocycles. The molecule has 0 aromatic heterocycles. The predicted octanol–water partition coefficient (Wildman–Crippen LogP) is 0.280. The standard InChI is InChI=1S/C6H16N2Si2/c1-3-7-9-5-10(6-9)8-4-2/h7-8H,3-6H2,1-2H3. The van der Waals surface area contributed by atoms with Gasteiger partial charge in [0.2, 0.25) is 0 Å². The van der Waals surface area contributed by atoms with Crippen LogP contribution >= 0.6 is 0 Å². The Kier molecular flexibility index (Phi) is 3.61. The lowest BCUT2D eigenvalue weighted by Crippen LogP contribution is -2.56. The Labute approximate surface area is 66.8 Å². The molecule has 1 saturated heterocycles. The lowest BCUT2D eigenvalue weighted by molar-refractivity contribution is 0.935. The van der Waals surface area contributed by atoms with Crippen molar-refractivity contribution in [2.24, 2.45) is 0 Å². The Morgan fingerprint density at radius 3 is 1.70 bits per heavy atom. The highest BCUT2D eigenvalue weighted by molar-refractivity contribution is 6.92. The lowest BCUT2D eigenvalue weighted by atomic mass is 10.8. The zero-order chi connectivity index (χ0) is 7.40. The molecule has 1 aliphatic rings. The summed E-state index contributed by atoms with van der Waals surface area (Å²) in [6, 6.07) is 0. The van der Waals surface area contributed by atoms with Gasteiger partial charge in [0.15, 0.2) is 0 Å². The van der Waals surface area contributed by atoms with Crippen LogP contribution in [0.1, 0.15) is 13.8 Å². The summed E-state index contributed by atoms with van der Waals surface area (Å²) in [4.78, 5) is 7.12. The average molecular weight is 172 g/mol. The molecule has 58 valence electrons. The monoisotopic (exact) mass is 172 g/mol. The Morgan fingerprint density at radius 1 is 1.00 bits per heavy atom. The summed E-state index contributed by atoms with van der Waals surface area (Å²) in [6.07, 6.45) is 0. The fourth-order valence-electron chi connectivity index (χ4n) is 1.21. The Hall–Kier alpha value is 0.354. The molecule has 0 atom stereocenters. The summed E-state index contributed by atoms with van der Waals surface area (Å²) in [6.45, 7) is 6.76. The van der Waals surface area contributed by atoms with E-state index in [0.29, 0.717) is 0 Å². The third kappa shape index (κ3) is 2.19. The fraction of sp³-hybridized carbons (Fsp3) is 1.00. The van der Waals surface area contributed by atoms with E-state index in [0.717, 1.165) is 0 Å². The predicted molar refractivity (Wildman–Crippen MR) is 48.5 cm³/mol. The number of nitrogens with one attached hydrogen (secondary N) is 2. The van der Waals surface area contributed by atoms with Crippen molar-refractivity contribution in [1.29, 1.82) is 0 Å². The Balaban J connectivity index is 1.95. The van der Waals surface area contributed by atoms with Gasteiger partial charge in [-0.3, -0.25) is 0 Å². The van der Waals surface area contributed by atoms with Gasteiger partial charge < -0.3 is 9.96 Å². The first-order valence-corrected chi connectivity index (χ1v) is 7.86. The Morgan fingerprint density at radius 2 is 1.40 bits per heavy atom. The zero-order valence-corrected chi connectivity index (χ0v) is 8.83. The third-order valence-corrected chi connectivity index (χ3v) is 10.2. The summed E-state index contributed by atoms with van der Waals surface area (Å²) >= 11 is 0. The van der Waals surface area contributed by atoms with Gasteiger partial charge in [0.05, 0.1) is 0 Å². The van der Waals surface area contributed by atoms with Crippen LogP contribution in [-0.2, 0) is 0 Å². The maximum atomic E-state index is 3.56. The van der Waals surface area contributed by atoms with Crippen LogP contribution in [0.25, 0.3) is 0 Å². The van der Waals surface area contributed by atoms with Gasteiger partial charge in [-0.25, -0.2) is 0 Å². The van der Waals surface area contributed by atoms with Crippen molar-refractivity contribution in [2.45, 2.75) is 25.2 Å². The van der Waals surface area contributed by atoms with Crippen LogP contribution in [0.2, 0.25) is 11.3 Å². The minimum absolute atomic E-state index is 0.0367. The van der Waals surface area contributed by atoms with Crippen LogP contribution < -0.4 is 9.96 Å². The molecule has 0 unspecified atom stereocenters. The normalized spacial score (nSPS) is 21.0. The molecule has 2 radical (unpaired) electrons. The lowest BCUT2D eigenvalue weighted by Gasteiger charge is -2.32. The number of hydrogen-bond donors (Lipinski definition) is 2. The molecule has 1 rings (SSSR count). The summed E-state index contributed by atoms with van der Waals surface area (Å²) in [5.41, 5.74) is 3.05. The second-order valence-electron chi connectivity index (χ2n) is 2.62. The molecule has 0 aromatic rings. The van der Waals surface area contributed by atoms with Crippen molar-refractivity contribution in [1.82, 2.24) is 9.96 Å². The minimum Gasteiger partial charge on any atom is -0.338 e. The van der Waals surface area contributed by atoms with Gasteiger partial charge in [0, 0.05) is 0 Å². The summed E-state index contributed by atoms with van der Waals surface area (Å²) in [5, 5.41) is 0. The molecule has 0 amide bonds. The second-order valence-corrected chi connectivity index (χ2v) is 8.57. The molecule has 2 N–H and O–H groups in total. The first kappa shape index (κ1) is 8.45. The average Bonchev–Trinajstić information content (AvgIpc) is 1.84. The van der Waals surface area contributed by atoms with E-state index in [1.165, 1.54) is 24.4 Å². The van der Waals surface area contributed by atoms with Crippen LogP contribution in [0.5, 0.6) is 0 Å². The topological polar surface area (TPSA) is 24.1 Å². The quantitative estimate of drug-likeness (QED) is 0.595. The van der Waals surface area contributed by atoms with Gasteiger partial charge in [-0.05, 0) is 24.4 Å². The van der Waals surface area contributed by atoms with E-state index >= 15 is 0 Å². The fourth-order valence-corrected chi connectivity index (χ4v) is 7.92. The molecular formula is C6H16N2Si2. The van der Waals surface area contributed by atoms with Crippen molar-refractivity contribution in [3.8, 4) is 0 Å². The highest BCUT2D eigenvalue weighted by atomic mass is 28.4. The Bertz CT molecular complexity index is 83.7. The molecule has 1 fully saturated rings. The molecule has 4 heteroatoms. The van der Waals surface area contributed by atoms with Gasteiger partial charge >= 0.3 is 0 Å². The van der Waals surface area contributed by atoms with E-state index in [1.54, 1.807) is 0 Å². The van der Waals surface area contributed by atoms with Crippen molar-refractivity contribution in [3.63, 3.8) is 0 Å². The van der Waals surface area contributed by atoms with Gasteiger partial charge in [-0.15, -0.1) is 0 Å². The van der Waals surface area contributed by atoms with Crippen molar-refractivity contribution in [3.05, 3.63) is 0 Å². The zero-order valence-electron chi connectivity index (χ0n) is 6.83. The first-order valence-electron chi connectivity index (χ1n) is 4.04. The second kappa shape index (κ2) is 4.28. The van der Waals surface area contributed by atoms with Gasteiger partial charge in [0.1, 0.15) is 17.9 Å². The summed E-state index contributed by atoms with van der Waals surface area (Å²) in [5.74, 6) is 0. The first-order chi connectivity index (χ1) is 4.86. The maximum Gasteiger partial charge on any atom is 0.130 e. The summed E-state index contributed by atoms with van der Waals surface area (Å²) in [7, 11) is -0.0734. The van der Waals surface area contributed by atoms with Crippen LogP contribution in [0.15, 0.2) is 0 Å². The molecule has 0 aromatic carbocycles. The molecule has 2 nitrogen and oxygen atoms in total. The highest BCUT2D eigenvalue weighted by Crippen LogP contribution is 2.14. The molecule has 0 aliphatic carbocycles. The number of hydrogen-bond acceptors (Lipinski definition) is 2. The third-order valence-electron chi connectivity index (χ3n) is 1.71. The van der Waals surface area contributed by atoms with Crippen LogP contribution in [0.4, 0.5) is 0 Å². The SMILES string of the molecule is CCN[Si]1C[Si](NCC)C1. The molecule has 0 bridgehead atoms. The maximum absolute atomic E-state index is 3.56. The smallest absolute Gasteiger partial charge is 0.130 e. The van der Waals surface area contributed by atoms with Gasteiger partial charge in [-0.1, -0.05) is 13.8 Å². The van der Waals surface area contributed by atoms with Crippen LogP contribution in [0, 0.1) is 0 Å². The largest absolute Gasteiger partial charge is 0.338 e. The van der Waals surface area contributed by atoms with E-state index in [-0.39, 0.29) is 17.9 Å². The van der Waals surface area contributed by atoms with Crippen molar-refractivity contribution < 1.29 is 0 Å².